The quantitative estimate of drug-likeness (QED) is 0.823. The van der Waals surface area contributed by atoms with Gasteiger partial charge in [0.25, 0.3) is 0 Å². The molecule has 2 rings (SSSR count). The third kappa shape index (κ3) is 5.61. The Morgan fingerprint density at radius 1 is 1.33 bits per heavy atom. The molecule has 0 spiro atoms. The lowest BCUT2D eigenvalue weighted by Gasteiger charge is -2.13. The fourth-order valence-corrected chi connectivity index (χ4v) is 2.14. The molecule has 0 aliphatic rings. The van der Waals surface area contributed by atoms with Crippen LogP contribution in [0.4, 0.5) is 5.69 Å². The molecule has 4 nitrogen and oxygen atoms in total. The van der Waals surface area contributed by atoms with Crippen LogP contribution in [0.1, 0.15) is 19.1 Å². The lowest BCUT2D eigenvalue weighted by molar-refractivity contribution is -0.115. The summed E-state index contributed by atoms with van der Waals surface area (Å²) in [4.78, 5) is 11.8. The summed E-state index contributed by atoms with van der Waals surface area (Å²) in [5, 5.41) is 6.60. The predicted molar refractivity (Wildman–Crippen MR) is 84.6 cm³/mol. The molecule has 5 heteroatoms. The molecular formula is C16H19ClN2O2. The van der Waals surface area contributed by atoms with Crippen LogP contribution in [0.25, 0.3) is 0 Å². The molecule has 1 aromatic carbocycles. The van der Waals surface area contributed by atoms with Crippen LogP contribution in [0.3, 0.4) is 0 Å². The number of halogens is 1. The van der Waals surface area contributed by atoms with E-state index in [4.69, 9.17) is 16.0 Å². The number of anilines is 1. The van der Waals surface area contributed by atoms with Gasteiger partial charge in [-0.1, -0.05) is 17.7 Å². The SMILES string of the molecule is CC(CCc1ccco1)NCC(=O)Nc1cccc(Cl)c1. The first kappa shape index (κ1) is 15.6. The average Bonchev–Trinajstić information content (AvgIpc) is 2.96. The zero-order valence-corrected chi connectivity index (χ0v) is 12.7. The molecule has 1 heterocycles. The number of benzene rings is 1. The largest absolute Gasteiger partial charge is 0.469 e. The standard InChI is InChI=1S/C16H19ClN2O2/c1-12(7-8-15-6-3-9-21-15)18-11-16(20)19-14-5-2-4-13(17)10-14/h2-6,9-10,12,18H,7-8,11H2,1H3,(H,19,20). The molecule has 21 heavy (non-hydrogen) atoms. The summed E-state index contributed by atoms with van der Waals surface area (Å²) in [6.07, 6.45) is 3.45. The second-order valence-corrected chi connectivity index (χ2v) is 5.39. The van der Waals surface area contributed by atoms with E-state index in [0.29, 0.717) is 10.7 Å². The molecule has 1 atom stereocenters. The molecular weight excluding hydrogens is 288 g/mol. The van der Waals surface area contributed by atoms with E-state index in [1.165, 1.54) is 0 Å². The zero-order chi connectivity index (χ0) is 15.1. The van der Waals surface area contributed by atoms with E-state index in [9.17, 15) is 4.79 Å². The Morgan fingerprint density at radius 3 is 2.90 bits per heavy atom. The minimum Gasteiger partial charge on any atom is -0.469 e. The van der Waals surface area contributed by atoms with Gasteiger partial charge in [-0.3, -0.25) is 4.79 Å². The van der Waals surface area contributed by atoms with Crippen molar-refractivity contribution < 1.29 is 9.21 Å². The Hall–Kier alpha value is -1.78. The molecule has 0 radical (unpaired) electrons. The Bertz CT molecular complexity index is 569. The van der Waals surface area contributed by atoms with Crippen LogP contribution in [0.15, 0.2) is 47.1 Å². The molecule has 0 fully saturated rings. The maximum atomic E-state index is 11.8. The van der Waals surface area contributed by atoms with Crippen LogP contribution in [0, 0.1) is 0 Å². The molecule has 0 saturated heterocycles. The van der Waals surface area contributed by atoms with Crippen LogP contribution < -0.4 is 10.6 Å². The lowest BCUT2D eigenvalue weighted by atomic mass is 10.1. The van der Waals surface area contributed by atoms with Crippen molar-refractivity contribution in [2.75, 3.05) is 11.9 Å². The summed E-state index contributed by atoms with van der Waals surface area (Å²) in [6.45, 7) is 2.32. The average molecular weight is 307 g/mol. The molecule has 1 unspecified atom stereocenters. The summed E-state index contributed by atoms with van der Waals surface area (Å²) < 4.78 is 5.28. The van der Waals surface area contributed by atoms with Gasteiger partial charge >= 0.3 is 0 Å². The topological polar surface area (TPSA) is 54.3 Å². The highest BCUT2D eigenvalue weighted by atomic mass is 35.5. The zero-order valence-electron chi connectivity index (χ0n) is 11.9. The Kier molecular flexibility index (Phi) is 5.84. The number of rotatable bonds is 7. The minimum absolute atomic E-state index is 0.0814. The molecule has 2 aromatic rings. The van der Waals surface area contributed by atoms with Gasteiger partial charge in [0.1, 0.15) is 5.76 Å². The van der Waals surface area contributed by atoms with Crippen LogP contribution >= 0.6 is 11.6 Å². The van der Waals surface area contributed by atoms with Crippen molar-refractivity contribution in [2.45, 2.75) is 25.8 Å². The molecule has 0 aliphatic carbocycles. The normalized spacial score (nSPS) is 12.1. The first-order valence-corrected chi connectivity index (χ1v) is 7.32. The number of aryl methyl sites for hydroxylation is 1. The number of amides is 1. The summed E-state index contributed by atoms with van der Waals surface area (Å²) in [7, 11) is 0. The van der Waals surface area contributed by atoms with Gasteiger partial charge in [0.2, 0.25) is 5.91 Å². The van der Waals surface area contributed by atoms with Crippen LogP contribution in [-0.2, 0) is 11.2 Å². The summed E-state index contributed by atoms with van der Waals surface area (Å²) in [5.41, 5.74) is 0.706. The van der Waals surface area contributed by atoms with E-state index in [0.717, 1.165) is 18.6 Å². The fraction of sp³-hybridized carbons (Fsp3) is 0.312. The van der Waals surface area contributed by atoms with Crippen LogP contribution in [0.5, 0.6) is 0 Å². The predicted octanol–water partition coefficient (Wildman–Crippen LogP) is 3.48. The van der Waals surface area contributed by atoms with Gasteiger partial charge in [-0.2, -0.15) is 0 Å². The lowest BCUT2D eigenvalue weighted by Crippen LogP contribution is -2.34. The molecule has 0 aliphatic heterocycles. The second kappa shape index (κ2) is 7.86. The van der Waals surface area contributed by atoms with Gasteiger partial charge < -0.3 is 15.1 Å². The van der Waals surface area contributed by atoms with Crippen molar-refractivity contribution in [2.24, 2.45) is 0 Å². The number of carbonyl (C=O) groups is 1. The maximum absolute atomic E-state index is 11.8. The number of nitrogens with one attached hydrogen (secondary N) is 2. The maximum Gasteiger partial charge on any atom is 0.238 e. The Balaban J connectivity index is 1.68. The molecule has 0 saturated carbocycles. The molecule has 112 valence electrons. The number of hydrogen-bond acceptors (Lipinski definition) is 3. The van der Waals surface area contributed by atoms with E-state index in [1.54, 1.807) is 24.5 Å². The molecule has 1 amide bonds. The molecule has 1 aromatic heterocycles. The summed E-state index contributed by atoms with van der Waals surface area (Å²) in [6, 6.07) is 11.2. The fourth-order valence-electron chi connectivity index (χ4n) is 1.95. The number of hydrogen-bond donors (Lipinski definition) is 2. The Labute approximate surface area is 129 Å². The van der Waals surface area contributed by atoms with Crippen molar-refractivity contribution >= 4 is 23.2 Å². The minimum atomic E-state index is -0.0814. The molecule has 2 N–H and O–H groups in total. The van der Waals surface area contributed by atoms with Gasteiger partial charge in [-0.05, 0) is 43.7 Å². The second-order valence-electron chi connectivity index (χ2n) is 4.96. The third-order valence-corrected chi connectivity index (χ3v) is 3.36. The highest BCUT2D eigenvalue weighted by molar-refractivity contribution is 6.30. The van der Waals surface area contributed by atoms with Gasteiger partial charge in [-0.15, -0.1) is 0 Å². The van der Waals surface area contributed by atoms with Crippen molar-refractivity contribution in [3.63, 3.8) is 0 Å². The summed E-state index contributed by atoms with van der Waals surface area (Å²) in [5.74, 6) is 0.883. The first-order valence-electron chi connectivity index (χ1n) is 6.94. The van der Waals surface area contributed by atoms with E-state index >= 15 is 0 Å². The van der Waals surface area contributed by atoms with Crippen molar-refractivity contribution in [3.8, 4) is 0 Å². The van der Waals surface area contributed by atoms with E-state index in [1.807, 2.05) is 18.2 Å². The van der Waals surface area contributed by atoms with Gasteiger partial charge in [0, 0.05) is 23.2 Å². The summed E-state index contributed by atoms with van der Waals surface area (Å²) >= 11 is 5.87. The number of furan rings is 1. The monoisotopic (exact) mass is 306 g/mol. The van der Waals surface area contributed by atoms with E-state index in [2.05, 4.69) is 17.6 Å². The smallest absolute Gasteiger partial charge is 0.238 e. The van der Waals surface area contributed by atoms with Crippen molar-refractivity contribution in [1.29, 1.82) is 0 Å². The Morgan fingerprint density at radius 2 is 2.19 bits per heavy atom. The van der Waals surface area contributed by atoms with Crippen LogP contribution in [-0.4, -0.2) is 18.5 Å². The van der Waals surface area contributed by atoms with Gasteiger partial charge in [-0.25, -0.2) is 0 Å². The van der Waals surface area contributed by atoms with Gasteiger partial charge in [0.15, 0.2) is 0 Å². The number of carbonyl (C=O) groups excluding carboxylic acids is 1. The van der Waals surface area contributed by atoms with Crippen LogP contribution in [0.2, 0.25) is 5.02 Å². The van der Waals surface area contributed by atoms with E-state index < -0.39 is 0 Å². The molecule has 0 bridgehead atoms. The first-order chi connectivity index (χ1) is 10.1. The third-order valence-electron chi connectivity index (χ3n) is 3.12. The van der Waals surface area contributed by atoms with Crippen molar-refractivity contribution in [3.05, 3.63) is 53.4 Å². The van der Waals surface area contributed by atoms with Crippen molar-refractivity contribution in [1.82, 2.24) is 5.32 Å². The highest BCUT2D eigenvalue weighted by Gasteiger charge is 2.07. The van der Waals surface area contributed by atoms with E-state index in [-0.39, 0.29) is 18.5 Å². The van der Waals surface area contributed by atoms with Gasteiger partial charge in [0.05, 0.1) is 12.8 Å². The highest BCUT2D eigenvalue weighted by Crippen LogP contribution is 2.14.